The molecule has 0 saturated carbocycles. The first-order valence-corrected chi connectivity index (χ1v) is 6.43. The number of aliphatic hydroxyl groups is 2. The summed E-state index contributed by atoms with van der Waals surface area (Å²) in [5.74, 6) is 0. The quantitative estimate of drug-likeness (QED) is 0.701. The zero-order valence-corrected chi connectivity index (χ0v) is 11.6. The fourth-order valence-electron chi connectivity index (χ4n) is 2.53. The number of hydrogen-bond donors (Lipinski definition) is 2. The van der Waals surface area contributed by atoms with Crippen LogP contribution in [0.3, 0.4) is 0 Å². The fraction of sp³-hybridized carbons (Fsp3) is 0.583. The molecule has 0 aromatic carbocycles. The van der Waals surface area contributed by atoms with E-state index >= 15 is 0 Å². The van der Waals surface area contributed by atoms with Gasteiger partial charge in [0.1, 0.15) is 18.3 Å². The summed E-state index contributed by atoms with van der Waals surface area (Å²) in [5.41, 5.74) is 0.279. The number of nitrogens with zero attached hydrogens (tertiary/aromatic N) is 4. The third-order valence-electron chi connectivity index (χ3n) is 3.68. The molecule has 9 nitrogen and oxygen atoms in total. The van der Waals surface area contributed by atoms with Crippen molar-refractivity contribution >= 4 is 11.2 Å². The Kier molecular flexibility index (Phi) is 3.49. The maximum atomic E-state index is 12.0. The van der Waals surface area contributed by atoms with E-state index in [4.69, 9.17) is 9.47 Å². The monoisotopic (exact) mass is 296 g/mol. The molecule has 0 spiro atoms. The molecule has 4 atom stereocenters. The minimum atomic E-state index is -0.978. The van der Waals surface area contributed by atoms with Crippen LogP contribution < -0.4 is 5.56 Å². The summed E-state index contributed by atoms with van der Waals surface area (Å²) in [6, 6.07) is 0. The summed E-state index contributed by atoms with van der Waals surface area (Å²) >= 11 is 0. The van der Waals surface area contributed by atoms with Crippen molar-refractivity contribution in [1.82, 2.24) is 19.1 Å². The molecule has 114 valence electrons. The lowest BCUT2D eigenvalue weighted by molar-refractivity contribution is -0.0583. The molecule has 1 fully saturated rings. The van der Waals surface area contributed by atoms with Gasteiger partial charge in [0.25, 0.3) is 5.56 Å². The highest BCUT2D eigenvalue weighted by molar-refractivity contribution is 5.69. The van der Waals surface area contributed by atoms with Gasteiger partial charge in [-0.2, -0.15) is 0 Å². The van der Waals surface area contributed by atoms with E-state index in [1.807, 2.05) is 0 Å². The number of aliphatic hydroxyl groups excluding tert-OH is 2. The van der Waals surface area contributed by atoms with Gasteiger partial charge < -0.3 is 24.3 Å². The van der Waals surface area contributed by atoms with Gasteiger partial charge in [-0.25, -0.2) is 9.97 Å². The number of aryl methyl sites for hydroxylation is 1. The van der Waals surface area contributed by atoms with E-state index in [1.165, 1.54) is 28.9 Å². The van der Waals surface area contributed by atoms with Gasteiger partial charge in [0.15, 0.2) is 17.4 Å². The smallest absolute Gasteiger partial charge is 0.281 e. The third kappa shape index (κ3) is 2.05. The van der Waals surface area contributed by atoms with Gasteiger partial charge in [0, 0.05) is 14.2 Å². The van der Waals surface area contributed by atoms with Crippen LogP contribution in [0, 0.1) is 0 Å². The van der Waals surface area contributed by atoms with Crippen molar-refractivity contribution in [3.63, 3.8) is 0 Å². The second-order valence-corrected chi connectivity index (χ2v) is 4.92. The minimum absolute atomic E-state index is 0.209. The lowest BCUT2D eigenvalue weighted by Gasteiger charge is -2.19. The molecule has 1 aliphatic rings. The molecule has 3 rings (SSSR count). The van der Waals surface area contributed by atoms with Crippen molar-refractivity contribution in [2.75, 3.05) is 13.7 Å². The number of ether oxygens (including phenoxy) is 2. The van der Waals surface area contributed by atoms with Gasteiger partial charge in [-0.05, 0) is 0 Å². The topological polar surface area (TPSA) is 112 Å². The summed E-state index contributed by atoms with van der Waals surface area (Å²) in [4.78, 5) is 20.2. The van der Waals surface area contributed by atoms with Gasteiger partial charge in [0.05, 0.1) is 19.3 Å². The molecule has 21 heavy (non-hydrogen) atoms. The Morgan fingerprint density at radius 3 is 2.86 bits per heavy atom. The van der Waals surface area contributed by atoms with Crippen molar-refractivity contribution in [2.24, 2.45) is 7.05 Å². The molecule has 1 saturated heterocycles. The van der Waals surface area contributed by atoms with Crippen LogP contribution in [0.25, 0.3) is 11.2 Å². The predicted molar refractivity (Wildman–Crippen MR) is 70.6 cm³/mol. The summed E-state index contributed by atoms with van der Waals surface area (Å²) < 4.78 is 13.7. The Bertz CT molecular complexity index is 711. The highest BCUT2D eigenvalue weighted by Gasteiger charge is 2.45. The van der Waals surface area contributed by atoms with Crippen LogP contribution in [0.15, 0.2) is 17.4 Å². The molecule has 2 aromatic rings. The zero-order chi connectivity index (χ0) is 15.1. The number of methoxy groups -OCH3 is 1. The van der Waals surface area contributed by atoms with Crippen LogP contribution in [0.5, 0.6) is 0 Å². The van der Waals surface area contributed by atoms with Crippen molar-refractivity contribution < 1.29 is 19.7 Å². The van der Waals surface area contributed by atoms with Crippen LogP contribution >= 0.6 is 0 Å². The average molecular weight is 296 g/mol. The van der Waals surface area contributed by atoms with Crippen molar-refractivity contribution in [3.8, 4) is 0 Å². The number of rotatable bonds is 3. The molecule has 2 N–H and O–H groups in total. The Labute approximate surface area is 119 Å². The average Bonchev–Trinajstić information content (AvgIpc) is 3.03. The van der Waals surface area contributed by atoms with E-state index in [0.717, 1.165) is 0 Å². The molecular weight excluding hydrogens is 280 g/mol. The van der Waals surface area contributed by atoms with Crippen LogP contribution in [0.4, 0.5) is 0 Å². The maximum Gasteiger partial charge on any atom is 0.281 e. The van der Waals surface area contributed by atoms with Gasteiger partial charge in [-0.15, -0.1) is 0 Å². The minimum Gasteiger partial charge on any atom is -0.394 e. The van der Waals surface area contributed by atoms with Gasteiger partial charge in [0.2, 0.25) is 0 Å². The molecule has 0 unspecified atom stereocenters. The number of hydrogen-bond acceptors (Lipinski definition) is 7. The number of fused-ring (bicyclic) bond motifs is 1. The van der Waals surface area contributed by atoms with Crippen LogP contribution in [-0.2, 0) is 16.5 Å². The second-order valence-electron chi connectivity index (χ2n) is 4.92. The maximum absolute atomic E-state index is 12.0. The standard InChI is InChI=1S/C12H16N4O5/c1-15-4-14-10-7(11(15)19)13-5-16(10)12-9(20-2)8(18)6(3-17)21-12/h4-6,8-9,12,17-18H,3H2,1-2H3/t6-,8-,9-,12-/m1/s1. The first-order chi connectivity index (χ1) is 10.1. The first kappa shape index (κ1) is 14.1. The van der Waals surface area contributed by atoms with Gasteiger partial charge in [-0.1, -0.05) is 0 Å². The normalized spacial score (nSPS) is 29.3. The molecule has 0 radical (unpaired) electrons. The lowest BCUT2D eigenvalue weighted by Crippen LogP contribution is -2.34. The molecule has 2 aromatic heterocycles. The summed E-state index contributed by atoms with van der Waals surface area (Å²) in [6.07, 6.45) is -0.336. The van der Waals surface area contributed by atoms with Gasteiger partial charge in [-0.3, -0.25) is 9.36 Å². The Morgan fingerprint density at radius 2 is 2.19 bits per heavy atom. The molecule has 1 aliphatic heterocycles. The highest BCUT2D eigenvalue weighted by Crippen LogP contribution is 2.32. The Hall–Kier alpha value is -1.81. The van der Waals surface area contributed by atoms with E-state index in [0.29, 0.717) is 5.65 Å². The molecule has 0 aliphatic carbocycles. The lowest BCUT2D eigenvalue weighted by atomic mass is 10.1. The molecule has 3 heterocycles. The van der Waals surface area contributed by atoms with E-state index in [-0.39, 0.29) is 17.7 Å². The molecular formula is C12H16N4O5. The van der Waals surface area contributed by atoms with E-state index in [1.54, 1.807) is 7.05 Å². The van der Waals surface area contributed by atoms with Crippen LogP contribution in [0.2, 0.25) is 0 Å². The largest absolute Gasteiger partial charge is 0.394 e. The fourth-order valence-corrected chi connectivity index (χ4v) is 2.53. The highest BCUT2D eigenvalue weighted by atomic mass is 16.6. The SMILES string of the molecule is CO[C@@H]1[C@H](O)[C@@H](CO)O[C@H]1n1cnc2c(=O)n(C)cnc21. The predicted octanol–water partition coefficient (Wildman–Crippen LogP) is -1.60. The van der Waals surface area contributed by atoms with Crippen LogP contribution in [0.1, 0.15) is 6.23 Å². The van der Waals surface area contributed by atoms with Crippen LogP contribution in [-0.4, -0.2) is 61.3 Å². The molecule has 0 amide bonds. The van der Waals surface area contributed by atoms with E-state index in [9.17, 15) is 15.0 Å². The first-order valence-electron chi connectivity index (χ1n) is 6.43. The summed E-state index contributed by atoms with van der Waals surface area (Å²) in [6.45, 7) is -0.334. The van der Waals surface area contributed by atoms with Crippen molar-refractivity contribution in [1.29, 1.82) is 0 Å². The number of imidazole rings is 1. The van der Waals surface area contributed by atoms with Crippen molar-refractivity contribution in [3.05, 3.63) is 23.0 Å². The Balaban J connectivity index is 2.08. The summed E-state index contributed by atoms with van der Waals surface area (Å²) in [5, 5.41) is 19.3. The molecule has 9 heteroatoms. The molecule has 0 bridgehead atoms. The van der Waals surface area contributed by atoms with E-state index < -0.39 is 24.5 Å². The summed E-state index contributed by atoms with van der Waals surface area (Å²) in [7, 11) is 3.03. The Morgan fingerprint density at radius 1 is 1.43 bits per heavy atom. The third-order valence-corrected chi connectivity index (χ3v) is 3.68. The van der Waals surface area contributed by atoms with Crippen molar-refractivity contribution in [2.45, 2.75) is 24.5 Å². The zero-order valence-electron chi connectivity index (χ0n) is 11.6. The van der Waals surface area contributed by atoms with Gasteiger partial charge >= 0.3 is 0 Å². The number of aromatic nitrogens is 4. The van der Waals surface area contributed by atoms with E-state index in [2.05, 4.69) is 9.97 Å². The second kappa shape index (κ2) is 5.19.